The molecule has 1 aromatic rings. The van der Waals surface area contributed by atoms with Gasteiger partial charge in [0.15, 0.2) is 0 Å². The Balaban J connectivity index is 1.42. The molecule has 0 spiro atoms. The van der Waals surface area contributed by atoms with Crippen LogP contribution in [0.25, 0.3) is 0 Å². The number of nitrogens with one attached hydrogen (secondary N) is 2. The lowest BCUT2D eigenvalue weighted by atomic mass is 9.79. The summed E-state index contributed by atoms with van der Waals surface area (Å²) in [5.41, 5.74) is 0.422. The van der Waals surface area contributed by atoms with Crippen molar-refractivity contribution in [2.75, 3.05) is 6.54 Å². The van der Waals surface area contributed by atoms with Gasteiger partial charge in [-0.15, -0.1) is 0 Å². The molecule has 3 N–H and O–H groups in total. The highest BCUT2D eigenvalue weighted by Gasteiger charge is 2.38. The van der Waals surface area contributed by atoms with E-state index in [-0.39, 0.29) is 22.6 Å². The predicted molar refractivity (Wildman–Crippen MR) is 109 cm³/mol. The van der Waals surface area contributed by atoms with Crippen LogP contribution in [0.15, 0.2) is 24.3 Å². The minimum Gasteiger partial charge on any atom is -0.387 e. The third-order valence-corrected chi connectivity index (χ3v) is 7.96. The van der Waals surface area contributed by atoms with E-state index in [1.807, 2.05) is 0 Å². The van der Waals surface area contributed by atoms with E-state index in [0.29, 0.717) is 18.0 Å². The maximum atomic E-state index is 13.3. The molecular weight excluding hydrogens is 379 g/mol. The third kappa shape index (κ3) is 6.24. The lowest BCUT2D eigenvalue weighted by Gasteiger charge is -2.35. The van der Waals surface area contributed by atoms with E-state index in [2.05, 4.69) is 23.9 Å². The van der Waals surface area contributed by atoms with E-state index in [1.54, 1.807) is 12.1 Å². The minimum atomic E-state index is -3.10. The molecule has 0 aromatic heterocycles. The Morgan fingerprint density at radius 2 is 1.86 bits per heavy atom. The van der Waals surface area contributed by atoms with Crippen molar-refractivity contribution in [3.8, 4) is 0 Å². The van der Waals surface area contributed by atoms with Crippen molar-refractivity contribution < 1.29 is 17.9 Å². The van der Waals surface area contributed by atoms with Gasteiger partial charge in [-0.1, -0.05) is 12.1 Å². The van der Waals surface area contributed by atoms with Crippen LogP contribution in [0.5, 0.6) is 0 Å². The fourth-order valence-electron chi connectivity index (χ4n) is 4.19. The van der Waals surface area contributed by atoms with E-state index in [9.17, 15) is 17.9 Å². The van der Waals surface area contributed by atoms with Crippen molar-refractivity contribution in [1.29, 1.82) is 0 Å². The first-order chi connectivity index (χ1) is 13.1. The normalized spacial score (nSPS) is 24.9. The summed E-state index contributed by atoms with van der Waals surface area (Å²) in [4.78, 5) is 0. The molecule has 2 aliphatic carbocycles. The molecule has 0 bridgehead atoms. The third-order valence-electron chi connectivity index (χ3n) is 5.95. The van der Waals surface area contributed by atoms with E-state index in [4.69, 9.17) is 0 Å². The smallest absolute Gasteiger partial charge is 0.214 e. The summed E-state index contributed by atoms with van der Waals surface area (Å²) in [6.07, 6.45) is 5.60. The molecule has 5 nitrogen and oxygen atoms in total. The molecule has 28 heavy (non-hydrogen) atoms. The number of benzene rings is 1. The van der Waals surface area contributed by atoms with Crippen LogP contribution in [0.4, 0.5) is 4.39 Å². The monoisotopic (exact) mass is 412 g/mol. The van der Waals surface area contributed by atoms with Gasteiger partial charge in [-0.05, 0) is 82.4 Å². The van der Waals surface area contributed by atoms with Gasteiger partial charge < -0.3 is 10.4 Å². The van der Waals surface area contributed by atoms with Crippen molar-refractivity contribution in [3.63, 3.8) is 0 Å². The molecule has 0 radical (unpaired) electrons. The van der Waals surface area contributed by atoms with Crippen LogP contribution in [-0.4, -0.2) is 36.9 Å². The molecule has 0 aliphatic heterocycles. The summed E-state index contributed by atoms with van der Waals surface area (Å²) in [5, 5.41) is 13.6. The molecule has 1 aromatic carbocycles. The molecule has 3 rings (SSSR count). The topological polar surface area (TPSA) is 78.4 Å². The summed E-state index contributed by atoms with van der Waals surface area (Å²) in [7, 11) is -3.10. The zero-order valence-corrected chi connectivity index (χ0v) is 17.6. The number of hydrogen-bond acceptors (Lipinski definition) is 4. The van der Waals surface area contributed by atoms with Crippen molar-refractivity contribution in [2.24, 2.45) is 5.92 Å². The molecule has 1 atom stereocenters. The van der Waals surface area contributed by atoms with Gasteiger partial charge in [-0.3, -0.25) is 0 Å². The molecule has 2 aliphatic rings. The van der Waals surface area contributed by atoms with Crippen molar-refractivity contribution in [2.45, 2.75) is 81.7 Å². The van der Waals surface area contributed by atoms with E-state index < -0.39 is 16.1 Å². The molecule has 2 fully saturated rings. The van der Waals surface area contributed by atoms with Gasteiger partial charge in [-0.25, -0.2) is 17.5 Å². The second-order valence-electron chi connectivity index (χ2n) is 9.12. The SMILES string of the molecule is CC(C)(CC1CCC(NS(=O)(=O)C2CC2)CC1)NC[C@H](O)c1cccc(F)c1. The molecule has 7 heteroatoms. The average molecular weight is 413 g/mol. The first-order valence-electron chi connectivity index (χ1n) is 10.3. The van der Waals surface area contributed by atoms with E-state index >= 15 is 0 Å². The summed E-state index contributed by atoms with van der Waals surface area (Å²) >= 11 is 0. The number of rotatable bonds is 9. The first kappa shape index (κ1) is 21.7. The maximum Gasteiger partial charge on any atom is 0.214 e. The fourth-order valence-corrected chi connectivity index (χ4v) is 5.84. The Labute approximate surface area is 168 Å². The number of sulfonamides is 1. The van der Waals surface area contributed by atoms with Crippen LogP contribution < -0.4 is 10.0 Å². The van der Waals surface area contributed by atoms with Gasteiger partial charge in [0, 0.05) is 18.1 Å². The van der Waals surface area contributed by atoms with Gasteiger partial charge in [0.25, 0.3) is 0 Å². The Hall–Kier alpha value is -1.02. The number of β-amino-alcohol motifs (C(OH)–C–C–N with tert-alkyl or cyclic N) is 1. The highest BCUT2D eigenvalue weighted by Crippen LogP contribution is 2.33. The van der Waals surface area contributed by atoms with Crippen LogP contribution >= 0.6 is 0 Å². The first-order valence-corrected chi connectivity index (χ1v) is 11.9. The van der Waals surface area contributed by atoms with Gasteiger partial charge in [0.2, 0.25) is 10.0 Å². The largest absolute Gasteiger partial charge is 0.387 e. The van der Waals surface area contributed by atoms with Crippen molar-refractivity contribution >= 4 is 10.0 Å². The van der Waals surface area contributed by atoms with Crippen LogP contribution in [0, 0.1) is 11.7 Å². The molecule has 158 valence electrons. The van der Waals surface area contributed by atoms with Crippen LogP contribution in [0.2, 0.25) is 0 Å². The lowest BCUT2D eigenvalue weighted by molar-refractivity contribution is 0.149. The van der Waals surface area contributed by atoms with Crippen molar-refractivity contribution in [3.05, 3.63) is 35.6 Å². The standard InChI is InChI=1S/C21H33FN2O3S/c1-21(2,23-14-20(25)16-4-3-5-17(22)12-16)13-15-6-8-18(9-7-15)24-28(26,27)19-10-11-19/h3-5,12,15,18-20,23-25H,6-11,13-14H2,1-2H3/t15?,18?,20-/m0/s1. The summed E-state index contributed by atoms with van der Waals surface area (Å²) in [5.74, 6) is 0.195. The van der Waals surface area contributed by atoms with E-state index in [0.717, 1.165) is 44.9 Å². The van der Waals surface area contributed by atoms with Gasteiger partial charge in [0.1, 0.15) is 5.82 Å². The highest BCUT2D eigenvalue weighted by atomic mass is 32.2. The highest BCUT2D eigenvalue weighted by molar-refractivity contribution is 7.90. The zero-order valence-electron chi connectivity index (χ0n) is 16.8. The Morgan fingerprint density at radius 1 is 1.18 bits per heavy atom. The second-order valence-corrected chi connectivity index (χ2v) is 11.1. The average Bonchev–Trinajstić information content (AvgIpc) is 3.47. The van der Waals surface area contributed by atoms with Crippen LogP contribution in [0.1, 0.15) is 70.5 Å². The number of hydrogen-bond donors (Lipinski definition) is 3. The molecule has 0 heterocycles. The number of halogens is 1. The Bertz CT molecular complexity index is 757. The Morgan fingerprint density at radius 3 is 2.46 bits per heavy atom. The van der Waals surface area contributed by atoms with Crippen LogP contribution in [0.3, 0.4) is 0 Å². The number of aliphatic hydroxyl groups is 1. The summed E-state index contributed by atoms with van der Waals surface area (Å²) in [6, 6.07) is 6.15. The zero-order chi connectivity index (χ0) is 20.4. The molecule has 2 saturated carbocycles. The van der Waals surface area contributed by atoms with Crippen molar-refractivity contribution in [1.82, 2.24) is 10.0 Å². The fraction of sp³-hybridized carbons (Fsp3) is 0.714. The predicted octanol–water partition coefficient (Wildman–Crippen LogP) is 3.26. The second kappa shape index (κ2) is 8.78. The minimum absolute atomic E-state index is 0.0766. The Kier molecular flexibility index (Phi) is 6.80. The quantitative estimate of drug-likeness (QED) is 0.582. The number of aliphatic hydroxyl groups excluding tert-OH is 1. The maximum absolute atomic E-state index is 13.3. The summed E-state index contributed by atoms with van der Waals surface area (Å²) in [6.45, 7) is 4.60. The van der Waals surface area contributed by atoms with Crippen LogP contribution in [-0.2, 0) is 10.0 Å². The molecule has 0 saturated heterocycles. The molecule has 0 amide bonds. The van der Waals surface area contributed by atoms with E-state index in [1.165, 1.54) is 12.1 Å². The van der Waals surface area contributed by atoms with Gasteiger partial charge in [0.05, 0.1) is 11.4 Å². The lowest BCUT2D eigenvalue weighted by Crippen LogP contribution is -2.44. The summed E-state index contributed by atoms with van der Waals surface area (Å²) < 4.78 is 40.4. The van der Waals surface area contributed by atoms with Gasteiger partial charge >= 0.3 is 0 Å². The van der Waals surface area contributed by atoms with Gasteiger partial charge in [-0.2, -0.15) is 0 Å². The molecule has 0 unspecified atom stereocenters. The molecular formula is C21H33FN2O3S.